The molecule has 0 radical (unpaired) electrons. The molecule has 0 unspecified atom stereocenters. The highest BCUT2D eigenvalue weighted by atomic mass is 19.3. The first-order valence-corrected chi connectivity index (χ1v) is 11.1. The zero-order valence-electron chi connectivity index (χ0n) is 20.0. The number of anilines is 2. The van der Waals surface area contributed by atoms with Crippen molar-refractivity contribution in [2.75, 3.05) is 49.6 Å². The van der Waals surface area contributed by atoms with E-state index in [9.17, 15) is 18.4 Å². The van der Waals surface area contributed by atoms with Gasteiger partial charge in [0, 0.05) is 31.4 Å². The van der Waals surface area contributed by atoms with Gasteiger partial charge >= 0.3 is 6.61 Å². The van der Waals surface area contributed by atoms with Crippen LogP contribution in [0.3, 0.4) is 0 Å². The van der Waals surface area contributed by atoms with E-state index in [-0.39, 0.29) is 48.4 Å². The maximum absolute atomic E-state index is 13.1. The molecule has 2 rings (SSSR count). The molecule has 10 heteroatoms. The second-order valence-corrected chi connectivity index (χ2v) is 9.75. The Morgan fingerprint density at radius 1 is 1.33 bits per heavy atom. The van der Waals surface area contributed by atoms with E-state index in [0.717, 1.165) is 0 Å². The van der Waals surface area contributed by atoms with Crippen LogP contribution in [-0.4, -0.2) is 68.8 Å². The summed E-state index contributed by atoms with van der Waals surface area (Å²) in [5.74, 6) is -0.728. The number of morpholine rings is 1. The summed E-state index contributed by atoms with van der Waals surface area (Å²) in [6.07, 6.45) is 0. The number of rotatable bonds is 10. The molecule has 1 saturated heterocycles. The molecule has 0 bridgehead atoms. The minimum Gasteiger partial charge on any atom is -0.676 e. The number of benzene rings is 1. The zero-order chi connectivity index (χ0) is 24.8. The van der Waals surface area contributed by atoms with Crippen LogP contribution in [0.2, 0.25) is 0 Å². The molecule has 0 aliphatic carbocycles. The standard InChI is InChI=1S/C23H35F2N4O4/c1-15(2)12-28(14-23(3,4)5)18(11-26)21(31)27-17-7-6-16(10-19(17)33-22(24)25)29-8-9-32-13-20(29)30/h6-7,10,15,18,22,26H,8-9,11-14H2,1-5H3,(H,27,31)/q-1/t18-/m0/s1. The third kappa shape index (κ3) is 8.21. The number of carbonyl (C=O) groups is 2. The molecule has 1 heterocycles. The molecule has 1 aromatic rings. The average Bonchev–Trinajstić information content (AvgIpc) is 2.68. The molecule has 1 aliphatic rings. The number of amides is 2. The first-order chi connectivity index (χ1) is 15.4. The van der Waals surface area contributed by atoms with Gasteiger partial charge in [-0.1, -0.05) is 34.6 Å². The number of halogens is 2. The van der Waals surface area contributed by atoms with Gasteiger partial charge in [-0.05, 0) is 23.5 Å². The summed E-state index contributed by atoms with van der Waals surface area (Å²) in [6, 6.07) is 3.55. The van der Waals surface area contributed by atoms with Crippen molar-refractivity contribution >= 4 is 23.2 Å². The third-order valence-electron chi connectivity index (χ3n) is 4.95. The minimum absolute atomic E-state index is 0.0588. The summed E-state index contributed by atoms with van der Waals surface area (Å²) in [4.78, 5) is 28.6. The zero-order valence-corrected chi connectivity index (χ0v) is 20.0. The summed E-state index contributed by atoms with van der Waals surface area (Å²) >= 11 is 0. The Morgan fingerprint density at radius 3 is 2.58 bits per heavy atom. The highest BCUT2D eigenvalue weighted by molar-refractivity contribution is 5.98. The van der Waals surface area contributed by atoms with Gasteiger partial charge in [-0.3, -0.25) is 14.5 Å². The number of nitrogens with one attached hydrogen (secondary N) is 2. The number of nitrogens with zero attached hydrogens (tertiary/aromatic N) is 2. The molecule has 2 amide bonds. The molecule has 0 saturated carbocycles. The maximum atomic E-state index is 13.1. The van der Waals surface area contributed by atoms with Crippen molar-refractivity contribution in [2.45, 2.75) is 47.3 Å². The van der Waals surface area contributed by atoms with Gasteiger partial charge in [0.15, 0.2) is 5.75 Å². The lowest BCUT2D eigenvalue weighted by Gasteiger charge is -2.38. The molecule has 33 heavy (non-hydrogen) atoms. The largest absolute Gasteiger partial charge is 0.676 e. The molecule has 1 aliphatic heterocycles. The molecule has 0 aromatic heterocycles. The van der Waals surface area contributed by atoms with E-state index in [1.165, 1.54) is 17.0 Å². The van der Waals surface area contributed by atoms with Crippen molar-refractivity contribution in [3.05, 3.63) is 23.9 Å². The van der Waals surface area contributed by atoms with Crippen LogP contribution in [0, 0.1) is 11.3 Å². The van der Waals surface area contributed by atoms with E-state index in [4.69, 9.17) is 10.5 Å². The van der Waals surface area contributed by atoms with Crippen molar-refractivity contribution in [2.24, 2.45) is 11.3 Å². The molecular formula is C23H35F2N4O4-. The van der Waals surface area contributed by atoms with Crippen LogP contribution < -0.4 is 15.0 Å². The first-order valence-electron chi connectivity index (χ1n) is 11.1. The van der Waals surface area contributed by atoms with E-state index in [1.54, 1.807) is 6.07 Å². The van der Waals surface area contributed by atoms with Crippen LogP contribution >= 0.6 is 0 Å². The number of alkyl halides is 2. The van der Waals surface area contributed by atoms with Gasteiger partial charge in [-0.2, -0.15) is 8.78 Å². The predicted octanol–water partition coefficient (Wildman–Crippen LogP) is 4.01. The SMILES string of the molecule is CC(C)CN(CC(C)(C)C)[C@@H](C[NH-])C(=O)Nc1ccc(N2CCOCC2=O)cc1OC(F)F. The minimum atomic E-state index is -3.11. The van der Waals surface area contributed by atoms with Gasteiger partial charge in [-0.25, -0.2) is 0 Å². The van der Waals surface area contributed by atoms with Crippen molar-refractivity contribution in [3.8, 4) is 5.75 Å². The predicted molar refractivity (Wildman–Crippen MR) is 124 cm³/mol. The number of carbonyl (C=O) groups excluding carboxylic acids is 2. The Morgan fingerprint density at radius 2 is 2.03 bits per heavy atom. The molecule has 186 valence electrons. The van der Waals surface area contributed by atoms with Crippen LogP contribution in [0.5, 0.6) is 5.75 Å². The van der Waals surface area contributed by atoms with Gasteiger partial charge in [0.25, 0.3) is 5.91 Å². The van der Waals surface area contributed by atoms with Gasteiger partial charge in [0.05, 0.1) is 18.3 Å². The first kappa shape index (κ1) is 26.9. The third-order valence-corrected chi connectivity index (χ3v) is 4.95. The fourth-order valence-electron chi connectivity index (χ4n) is 3.75. The van der Waals surface area contributed by atoms with Crippen LogP contribution in [0.4, 0.5) is 20.2 Å². The summed E-state index contributed by atoms with van der Waals surface area (Å²) in [5.41, 5.74) is 8.32. The normalized spacial score (nSPS) is 16.0. The number of hydrogen-bond acceptors (Lipinski definition) is 5. The second kappa shape index (κ2) is 11.7. The molecule has 1 aromatic carbocycles. The van der Waals surface area contributed by atoms with Crippen molar-refractivity contribution in [1.82, 2.24) is 4.90 Å². The summed E-state index contributed by atoms with van der Waals surface area (Å²) in [7, 11) is 0. The van der Waals surface area contributed by atoms with Gasteiger partial charge < -0.3 is 25.4 Å². The molecule has 1 atom stereocenters. The second-order valence-electron chi connectivity index (χ2n) is 9.75. The Labute approximate surface area is 194 Å². The van der Waals surface area contributed by atoms with Crippen LogP contribution in [-0.2, 0) is 14.3 Å². The van der Waals surface area contributed by atoms with Gasteiger partial charge in [0.1, 0.15) is 6.61 Å². The van der Waals surface area contributed by atoms with Gasteiger partial charge in [0.2, 0.25) is 5.91 Å². The molecule has 8 nitrogen and oxygen atoms in total. The summed E-state index contributed by atoms with van der Waals surface area (Å²) in [5, 5.41) is 2.66. The van der Waals surface area contributed by atoms with Crippen molar-refractivity contribution in [3.63, 3.8) is 0 Å². The maximum Gasteiger partial charge on any atom is 0.387 e. The van der Waals surface area contributed by atoms with Gasteiger partial charge in [-0.15, -0.1) is 6.54 Å². The lowest BCUT2D eigenvalue weighted by Crippen LogP contribution is -2.50. The monoisotopic (exact) mass is 469 g/mol. The van der Waals surface area contributed by atoms with Crippen LogP contribution in [0.1, 0.15) is 34.6 Å². The van der Waals surface area contributed by atoms with E-state index < -0.39 is 18.6 Å². The van der Waals surface area contributed by atoms with E-state index in [1.807, 2.05) is 18.7 Å². The molecule has 1 fully saturated rings. The summed E-state index contributed by atoms with van der Waals surface area (Å²) in [6.45, 7) is 8.70. The number of ether oxygens (including phenoxy) is 2. The molecule has 0 spiro atoms. The molecular weight excluding hydrogens is 434 g/mol. The quantitative estimate of drug-likeness (QED) is 0.559. The average molecular weight is 470 g/mol. The highest BCUT2D eigenvalue weighted by Crippen LogP contribution is 2.32. The topological polar surface area (TPSA) is 94.9 Å². The fraction of sp³-hybridized carbons (Fsp3) is 0.652. The molecule has 2 N–H and O–H groups in total. The van der Waals surface area contributed by atoms with E-state index in [0.29, 0.717) is 25.4 Å². The Kier molecular flexibility index (Phi) is 9.57. The Balaban J connectivity index is 2.29. The van der Waals surface area contributed by atoms with Crippen LogP contribution in [0.25, 0.3) is 5.73 Å². The number of hydrogen-bond donors (Lipinski definition) is 1. The Bertz CT molecular complexity index is 814. The smallest absolute Gasteiger partial charge is 0.387 e. The summed E-state index contributed by atoms with van der Waals surface area (Å²) < 4.78 is 36.0. The lowest BCUT2D eigenvalue weighted by atomic mass is 9.94. The lowest BCUT2D eigenvalue weighted by molar-refractivity contribution is -0.125. The Hall–Kier alpha value is -2.30. The highest BCUT2D eigenvalue weighted by Gasteiger charge is 2.28. The van der Waals surface area contributed by atoms with E-state index >= 15 is 0 Å². The van der Waals surface area contributed by atoms with E-state index in [2.05, 4.69) is 30.8 Å². The van der Waals surface area contributed by atoms with Crippen LogP contribution in [0.15, 0.2) is 18.2 Å². The van der Waals surface area contributed by atoms with Crippen molar-refractivity contribution in [1.29, 1.82) is 0 Å². The fourth-order valence-corrected chi connectivity index (χ4v) is 3.75. The van der Waals surface area contributed by atoms with Crippen molar-refractivity contribution < 1.29 is 27.8 Å².